The van der Waals surface area contributed by atoms with Crippen LogP contribution in [0.15, 0.2) is 36.5 Å². The van der Waals surface area contributed by atoms with Gasteiger partial charge in [-0.25, -0.2) is 17.6 Å². The summed E-state index contributed by atoms with van der Waals surface area (Å²) >= 11 is 0. The number of carboxylic acids is 1. The number of fused-ring (bicyclic) bond motifs is 1. The lowest BCUT2D eigenvalue weighted by Crippen LogP contribution is -2.41. The molecule has 11 heteroatoms. The minimum Gasteiger partial charge on any atom is -0.497 e. The number of carboxylic acid groups (broad SMARTS) is 1. The van der Waals surface area contributed by atoms with Crippen molar-refractivity contribution in [2.24, 2.45) is 5.41 Å². The highest BCUT2D eigenvalue weighted by Crippen LogP contribution is 2.43. The number of benzene rings is 2. The largest absolute Gasteiger partial charge is 0.497 e. The molecule has 45 heavy (non-hydrogen) atoms. The van der Waals surface area contributed by atoms with E-state index in [9.17, 15) is 23.1 Å². The lowest BCUT2D eigenvalue weighted by atomic mass is 9.71. The average molecular weight is 628 g/mol. The first-order valence-electron chi connectivity index (χ1n) is 15.1. The Morgan fingerprint density at radius 2 is 1.80 bits per heavy atom. The van der Waals surface area contributed by atoms with E-state index in [1.807, 2.05) is 17.0 Å². The van der Waals surface area contributed by atoms with Gasteiger partial charge in [0.1, 0.15) is 11.9 Å². The number of ether oxygens (including phenoxy) is 2. The standard InChI is InChI=1S/C34H37F4N3O4/c1-44-25-4-5-30-26(19-25)32(24(21-39-30)22-41-13-15-45-16-14-41)27(35)6-7-34(20-31(42)43)8-11-40(12-9-34)10-2-3-23-17-28(36)33(38)29(37)18-23/h4-5,17-19,21,27H,6-16,20,22H2,1H3,(H,42,43). The van der Waals surface area contributed by atoms with Gasteiger partial charge >= 0.3 is 5.97 Å². The summed E-state index contributed by atoms with van der Waals surface area (Å²) in [7, 11) is 1.56. The molecule has 1 atom stereocenters. The molecule has 2 aliphatic heterocycles. The zero-order valence-electron chi connectivity index (χ0n) is 25.3. The lowest BCUT2D eigenvalue weighted by molar-refractivity contribution is -0.141. The third-order valence-electron chi connectivity index (χ3n) is 8.90. The molecule has 1 N–H and O–H groups in total. The summed E-state index contributed by atoms with van der Waals surface area (Å²) in [6.07, 6.45) is 1.95. The molecule has 1 unspecified atom stereocenters. The van der Waals surface area contributed by atoms with Gasteiger partial charge in [0.25, 0.3) is 0 Å². The number of rotatable bonds is 10. The van der Waals surface area contributed by atoms with Crippen molar-refractivity contribution < 1.29 is 36.9 Å². The number of pyridine rings is 1. The molecule has 0 bridgehead atoms. The van der Waals surface area contributed by atoms with E-state index in [-0.39, 0.29) is 18.4 Å². The van der Waals surface area contributed by atoms with E-state index in [2.05, 4.69) is 21.7 Å². The van der Waals surface area contributed by atoms with Gasteiger partial charge in [0.15, 0.2) is 17.5 Å². The number of morpholine rings is 1. The molecule has 2 aromatic carbocycles. The van der Waals surface area contributed by atoms with Gasteiger partial charge in [-0.15, -0.1) is 0 Å². The topological polar surface area (TPSA) is 75.1 Å². The van der Waals surface area contributed by atoms with E-state index in [0.717, 1.165) is 30.8 Å². The van der Waals surface area contributed by atoms with Crippen molar-refractivity contribution in [1.82, 2.24) is 14.8 Å². The fourth-order valence-electron chi connectivity index (χ4n) is 6.34. The Morgan fingerprint density at radius 3 is 2.47 bits per heavy atom. The Morgan fingerprint density at radius 1 is 1.09 bits per heavy atom. The molecule has 3 heterocycles. The maximum absolute atomic E-state index is 16.5. The maximum Gasteiger partial charge on any atom is 0.303 e. The molecule has 0 aliphatic carbocycles. The van der Waals surface area contributed by atoms with Crippen LogP contribution in [0.2, 0.25) is 0 Å². The Hall–Kier alpha value is -3.72. The second-order valence-corrected chi connectivity index (χ2v) is 11.9. The lowest BCUT2D eigenvalue weighted by Gasteiger charge is -2.41. The Labute approximate surface area is 260 Å². The van der Waals surface area contributed by atoms with Crippen LogP contribution >= 0.6 is 0 Å². The summed E-state index contributed by atoms with van der Waals surface area (Å²) in [6.45, 7) is 4.64. The molecular formula is C34H37F4N3O4. The minimum absolute atomic E-state index is 0.0341. The van der Waals surface area contributed by atoms with Gasteiger partial charge in [-0.2, -0.15) is 0 Å². The van der Waals surface area contributed by atoms with E-state index in [0.29, 0.717) is 80.9 Å². The minimum atomic E-state index is -1.54. The molecule has 7 nitrogen and oxygen atoms in total. The van der Waals surface area contributed by atoms with Crippen LogP contribution in [-0.2, 0) is 16.1 Å². The van der Waals surface area contributed by atoms with Crippen LogP contribution in [0.25, 0.3) is 10.9 Å². The van der Waals surface area contributed by atoms with Crippen molar-refractivity contribution in [3.63, 3.8) is 0 Å². The second-order valence-electron chi connectivity index (χ2n) is 11.9. The Balaban J connectivity index is 1.30. The van der Waals surface area contributed by atoms with Crippen LogP contribution in [0.5, 0.6) is 5.75 Å². The normalized spacial score (nSPS) is 17.9. The van der Waals surface area contributed by atoms with Gasteiger partial charge in [-0.3, -0.25) is 19.6 Å². The molecule has 1 aromatic heterocycles. The summed E-state index contributed by atoms with van der Waals surface area (Å²) in [5.41, 5.74) is 1.48. The SMILES string of the molecule is COc1ccc2ncc(CN3CCOCC3)c(C(F)CCC3(CC(=O)O)CCN(CC#Cc4cc(F)c(F)c(F)c4)CC3)c2c1. The predicted molar refractivity (Wildman–Crippen MR) is 161 cm³/mol. The van der Waals surface area contributed by atoms with Crippen LogP contribution in [0, 0.1) is 34.7 Å². The number of halogens is 4. The molecule has 240 valence electrons. The number of aliphatic carboxylic acids is 1. The first kappa shape index (κ1) is 32.7. The zero-order chi connectivity index (χ0) is 32.0. The van der Waals surface area contributed by atoms with Crippen molar-refractivity contribution >= 4 is 16.9 Å². The fourth-order valence-corrected chi connectivity index (χ4v) is 6.34. The monoisotopic (exact) mass is 627 g/mol. The van der Waals surface area contributed by atoms with Crippen LogP contribution in [0.1, 0.15) is 55.0 Å². The molecule has 0 saturated carbocycles. The van der Waals surface area contributed by atoms with E-state index < -0.39 is 35.0 Å². The second kappa shape index (κ2) is 14.6. The predicted octanol–water partition coefficient (Wildman–Crippen LogP) is 5.89. The highest BCUT2D eigenvalue weighted by molar-refractivity contribution is 5.85. The Kier molecular flexibility index (Phi) is 10.6. The van der Waals surface area contributed by atoms with Gasteiger partial charge in [0.2, 0.25) is 0 Å². The molecule has 2 fully saturated rings. The molecular weight excluding hydrogens is 590 g/mol. The van der Waals surface area contributed by atoms with Crippen molar-refractivity contribution in [3.8, 4) is 17.6 Å². The van der Waals surface area contributed by atoms with E-state index in [1.165, 1.54) is 0 Å². The van der Waals surface area contributed by atoms with E-state index in [1.54, 1.807) is 19.4 Å². The van der Waals surface area contributed by atoms with Crippen LogP contribution in [0.3, 0.4) is 0 Å². The maximum atomic E-state index is 16.5. The number of carbonyl (C=O) groups is 1. The number of alkyl halides is 1. The molecule has 2 aliphatic rings. The van der Waals surface area contributed by atoms with Gasteiger partial charge in [-0.05, 0) is 80.1 Å². The molecule has 3 aromatic rings. The van der Waals surface area contributed by atoms with E-state index in [4.69, 9.17) is 9.47 Å². The number of hydrogen-bond acceptors (Lipinski definition) is 6. The number of likely N-dealkylation sites (tertiary alicyclic amines) is 1. The van der Waals surface area contributed by atoms with Crippen LogP contribution < -0.4 is 4.74 Å². The first-order valence-corrected chi connectivity index (χ1v) is 15.1. The highest BCUT2D eigenvalue weighted by Gasteiger charge is 2.37. The molecule has 2 saturated heterocycles. The third kappa shape index (κ3) is 8.12. The summed E-state index contributed by atoms with van der Waals surface area (Å²) in [5.74, 6) is 1.08. The van der Waals surface area contributed by atoms with Gasteiger partial charge in [-0.1, -0.05) is 11.8 Å². The van der Waals surface area contributed by atoms with Gasteiger partial charge in [0.05, 0.1) is 38.8 Å². The van der Waals surface area contributed by atoms with Crippen molar-refractivity contribution in [2.75, 3.05) is 53.0 Å². The first-order chi connectivity index (χ1) is 21.7. The molecule has 5 rings (SSSR count). The van der Waals surface area contributed by atoms with Crippen LogP contribution in [-0.4, -0.2) is 78.9 Å². The molecule has 0 amide bonds. The summed E-state index contributed by atoms with van der Waals surface area (Å²) in [6, 6.07) is 7.12. The summed E-state index contributed by atoms with van der Waals surface area (Å²) in [4.78, 5) is 20.8. The van der Waals surface area contributed by atoms with E-state index >= 15 is 4.39 Å². The Bertz CT molecular complexity index is 1550. The number of aromatic nitrogens is 1. The van der Waals surface area contributed by atoms with Crippen LogP contribution in [0.4, 0.5) is 17.6 Å². The molecule has 0 radical (unpaired) electrons. The fraction of sp³-hybridized carbons (Fsp3) is 0.471. The third-order valence-corrected chi connectivity index (χ3v) is 8.90. The van der Waals surface area contributed by atoms with Gasteiger partial charge < -0.3 is 14.6 Å². The summed E-state index contributed by atoms with van der Waals surface area (Å²) < 4.78 is 67.6. The van der Waals surface area contributed by atoms with Gasteiger partial charge in [0, 0.05) is 42.3 Å². The summed E-state index contributed by atoms with van der Waals surface area (Å²) in [5, 5.41) is 10.5. The number of nitrogens with zero attached hydrogens (tertiary/aromatic N) is 3. The van der Waals surface area contributed by atoms with Crippen molar-refractivity contribution in [2.45, 2.75) is 44.8 Å². The highest BCUT2D eigenvalue weighted by atomic mass is 19.2. The van der Waals surface area contributed by atoms with Crippen molar-refractivity contribution in [3.05, 3.63) is 70.7 Å². The number of hydrogen-bond donors (Lipinski definition) is 1. The number of piperidine rings is 1. The average Bonchev–Trinajstić information content (AvgIpc) is 3.03. The smallest absolute Gasteiger partial charge is 0.303 e. The van der Waals surface area contributed by atoms with Crippen molar-refractivity contribution in [1.29, 1.82) is 0 Å². The quantitative estimate of drug-likeness (QED) is 0.171. The zero-order valence-corrected chi connectivity index (χ0v) is 25.3. The number of methoxy groups -OCH3 is 1. The molecule has 0 spiro atoms.